The van der Waals surface area contributed by atoms with Gasteiger partial charge in [-0.2, -0.15) is 0 Å². The lowest BCUT2D eigenvalue weighted by Crippen LogP contribution is -2.32. The number of aliphatic hydroxyl groups excluding tert-OH is 1. The first-order chi connectivity index (χ1) is 9.00. The lowest BCUT2D eigenvalue weighted by molar-refractivity contribution is -0.386. The third-order valence-electron chi connectivity index (χ3n) is 3.80. The van der Waals surface area contributed by atoms with E-state index < -0.39 is 22.9 Å². The zero-order valence-electron chi connectivity index (χ0n) is 10.9. The average molecular weight is 305 g/mol. The van der Waals surface area contributed by atoms with Crippen LogP contribution in [0.25, 0.3) is 0 Å². The second kappa shape index (κ2) is 6.97. The first kappa shape index (κ1) is 16.8. The Morgan fingerprint density at radius 1 is 1.40 bits per heavy atom. The number of benzene rings is 1. The zero-order valence-corrected chi connectivity index (χ0v) is 11.7. The van der Waals surface area contributed by atoms with E-state index in [0.717, 1.165) is 37.8 Å². The Morgan fingerprint density at radius 3 is 2.55 bits per heavy atom. The highest BCUT2D eigenvalue weighted by molar-refractivity contribution is 5.85. The van der Waals surface area contributed by atoms with Gasteiger partial charge in [0.05, 0.1) is 23.1 Å². The van der Waals surface area contributed by atoms with E-state index in [0.29, 0.717) is 0 Å². The van der Waals surface area contributed by atoms with E-state index in [-0.39, 0.29) is 29.6 Å². The summed E-state index contributed by atoms with van der Waals surface area (Å²) in [7, 11) is 0. The van der Waals surface area contributed by atoms with Gasteiger partial charge in [-0.05, 0) is 30.9 Å². The first-order valence-electron chi connectivity index (χ1n) is 6.38. The Labute approximate surface area is 122 Å². The van der Waals surface area contributed by atoms with E-state index in [1.165, 1.54) is 6.07 Å². The third-order valence-corrected chi connectivity index (χ3v) is 3.80. The maximum Gasteiger partial charge on any atom is 0.277 e. The molecule has 2 atom stereocenters. The van der Waals surface area contributed by atoms with Crippen LogP contribution in [0.2, 0.25) is 0 Å². The highest BCUT2D eigenvalue weighted by atomic mass is 35.5. The quantitative estimate of drug-likeness (QED) is 0.661. The van der Waals surface area contributed by atoms with Crippen LogP contribution in [0.3, 0.4) is 0 Å². The Kier molecular flexibility index (Phi) is 5.86. The van der Waals surface area contributed by atoms with E-state index in [2.05, 4.69) is 0 Å². The minimum Gasteiger partial charge on any atom is -0.391 e. The van der Waals surface area contributed by atoms with E-state index >= 15 is 0 Å². The Morgan fingerprint density at radius 2 is 2.00 bits per heavy atom. The Hall–Kier alpha value is -1.24. The van der Waals surface area contributed by atoms with Crippen LogP contribution in [-0.2, 0) is 0 Å². The number of halogens is 2. The van der Waals surface area contributed by atoms with E-state index in [1.54, 1.807) is 0 Å². The fourth-order valence-corrected chi connectivity index (χ4v) is 2.73. The van der Waals surface area contributed by atoms with Crippen molar-refractivity contribution in [1.29, 1.82) is 0 Å². The molecule has 0 spiro atoms. The maximum absolute atomic E-state index is 13.1. The van der Waals surface area contributed by atoms with Gasteiger partial charge in [0.25, 0.3) is 5.69 Å². The number of hydrogen-bond acceptors (Lipinski definition) is 4. The minimum absolute atomic E-state index is 0. The van der Waals surface area contributed by atoms with Crippen molar-refractivity contribution >= 4 is 18.1 Å². The summed E-state index contributed by atoms with van der Waals surface area (Å²) in [6.45, 7) is 0. The summed E-state index contributed by atoms with van der Waals surface area (Å²) >= 11 is 0. The standard InChI is InChI=1S/C13H17FN2O3.ClH/c14-9-5-6-10(11(7-9)16(18)19)12(15)13(17)8-3-1-2-4-8;/h5-8,12-13,17H,1-4,15H2;1H/t12-,13+;/m1./s1. The maximum atomic E-state index is 13.1. The van der Waals surface area contributed by atoms with Crippen molar-refractivity contribution in [1.82, 2.24) is 0 Å². The van der Waals surface area contributed by atoms with Gasteiger partial charge in [0.15, 0.2) is 0 Å². The first-order valence-corrected chi connectivity index (χ1v) is 6.38. The molecule has 112 valence electrons. The zero-order chi connectivity index (χ0) is 14.0. The molecule has 0 bridgehead atoms. The van der Waals surface area contributed by atoms with Crippen LogP contribution in [0.5, 0.6) is 0 Å². The fraction of sp³-hybridized carbons (Fsp3) is 0.538. The van der Waals surface area contributed by atoms with Crippen molar-refractivity contribution in [2.24, 2.45) is 11.7 Å². The smallest absolute Gasteiger partial charge is 0.277 e. The lowest BCUT2D eigenvalue weighted by Gasteiger charge is -2.24. The molecule has 1 aliphatic carbocycles. The van der Waals surface area contributed by atoms with Crippen molar-refractivity contribution in [3.63, 3.8) is 0 Å². The van der Waals surface area contributed by atoms with Gasteiger partial charge in [-0.25, -0.2) is 4.39 Å². The number of rotatable bonds is 4. The summed E-state index contributed by atoms with van der Waals surface area (Å²) in [5, 5.41) is 21.1. The molecule has 1 aromatic carbocycles. The summed E-state index contributed by atoms with van der Waals surface area (Å²) in [4.78, 5) is 10.3. The van der Waals surface area contributed by atoms with Crippen LogP contribution < -0.4 is 5.73 Å². The molecule has 1 aliphatic rings. The molecule has 0 amide bonds. The summed E-state index contributed by atoms with van der Waals surface area (Å²) < 4.78 is 13.1. The summed E-state index contributed by atoms with van der Waals surface area (Å²) in [6.07, 6.45) is 3.01. The fourth-order valence-electron chi connectivity index (χ4n) is 2.73. The topological polar surface area (TPSA) is 89.4 Å². The average Bonchev–Trinajstić information content (AvgIpc) is 2.90. The molecule has 0 aliphatic heterocycles. The van der Waals surface area contributed by atoms with Gasteiger partial charge in [0.1, 0.15) is 5.82 Å². The van der Waals surface area contributed by atoms with Gasteiger partial charge in [0.2, 0.25) is 0 Å². The van der Waals surface area contributed by atoms with Crippen molar-refractivity contribution in [3.8, 4) is 0 Å². The van der Waals surface area contributed by atoms with Crippen molar-refractivity contribution < 1.29 is 14.4 Å². The second-order valence-corrected chi connectivity index (χ2v) is 5.02. The van der Waals surface area contributed by atoms with Crippen LogP contribution >= 0.6 is 12.4 Å². The Bertz CT molecular complexity index is 481. The SMILES string of the molecule is Cl.N[C@H](c1ccc(F)cc1[N+](=O)[O-])[C@@H](O)C1CCCC1. The van der Waals surface area contributed by atoms with Crippen molar-refractivity contribution in [2.45, 2.75) is 37.8 Å². The van der Waals surface area contributed by atoms with E-state index in [4.69, 9.17) is 5.73 Å². The van der Waals surface area contributed by atoms with Gasteiger partial charge < -0.3 is 10.8 Å². The summed E-state index contributed by atoms with van der Waals surface area (Å²) in [5.41, 5.74) is 5.75. The monoisotopic (exact) mass is 304 g/mol. The third kappa shape index (κ3) is 3.45. The predicted molar refractivity (Wildman–Crippen MR) is 75.2 cm³/mol. The number of aliphatic hydroxyl groups is 1. The predicted octanol–water partition coefficient (Wildman–Crippen LogP) is 2.71. The van der Waals surface area contributed by atoms with Crippen LogP contribution in [0.1, 0.15) is 37.3 Å². The molecular weight excluding hydrogens is 287 g/mol. The minimum atomic E-state index is -0.857. The summed E-state index contributed by atoms with van der Waals surface area (Å²) in [6, 6.07) is 2.40. The van der Waals surface area contributed by atoms with Crippen LogP contribution in [-0.4, -0.2) is 16.1 Å². The molecular formula is C13H18ClFN2O3. The molecule has 0 saturated heterocycles. The molecule has 2 rings (SSSR count). The molecule has 1 fully saturated rings. The highest BCUT2D eigenvalue weighted by Gasteiger charge is 2.32. The van der Waals surface area contributed by atoms with Gasteiger partial charge in [0, 0.05) is 5.56 Å². The number of nitrogens with two attached hydrogens (primary N) is 1. The van der Waals surface area contributed by atoms with E-state index in [1.807, 2.05) is 0 Å². The molecule has 3 N–H and O–H groups in total. The molecule has 0 aromatic heterocycles. The van der Waals surface area contributed by atoms with Gasteiger partial charge in [-0.3, -0.25) is 10.1 Å². The molecule has 1 saturated carbocycles. The van der Waals surface area contributed by atoms with Gasteiger partial charge in [-0.1, -0.05) is 12.8 Å². The summed E-state index contributed by atoms with van der Waals surface area (Å²) in [5.74, 6) is -0.613. The van der Waals surface area contributed by atoms with Crippen LogP contribution in [0.15, 0.2) is 18.2 Å². The van der Waals surface area contributed by atoms with Crippen molar-refractivity contribution in [2.75, 3.05) is 0 Å². The van der Waals surface area contributed by atoms with Crippen molar-refractivity contribution in [3.05, 3.63) is 39.7 Å². The van der Waals surface area contributed by atoms with Crippen LogP contribution in [0.4, 0.5) is 10.1 Å². The highest BCUT2D eigenvalue weighted by Crippen LogP contribution is 2.35. The molecule has 20 heavy (non-hydrogen) atoms. The second-order valence-electron chi connectivity index (χ2n) is 5.02. The molecule has 7 heteroatoms. The lowest BCUT2D eigenvalue weighted by atomic mass is 9.90. The molecule has 1 aromatic rings. The number of nitrogens with zero attached hydrogens (tertiary/aromatic N) is 1. The number of nitro groups is 1. The van der Waals surface area contributed by atoms with Gasteiger partial charge >= 0.3 is 0 Å². The van der Waals surface area contributed by atoms with Gasteiger partial charge in [-0.15, -0.1) is 12.4 Å². The normalized spacial score (nSPS) is 18.4. The number of nitro benzene ring substituents is 1. The molecule has 0 heterocycles. The number of hydrogen-bond donors (Lipinski definition) is 2. The molecule has 0 radical (unpaired) electrons. The van der Waals surface area contributed by atoms with E-state index in [9.17, 15) is 19.6 Å². The Balaban J connectivity index is 0.00000200. The molecule has 5 nitrogen and oxygen atoms in total. The van der Waals surface area contributed by atoms with Crippen LogP contribution in [0, 0.1) is 21.8 Å². The molecule has 0 unspecified atom stereocenters. The largest absolute Gasteiger partial charge is 0.391 e.